The summed E-state index contributed by atoms with van der Waals surface area (Å²) >= 11 is 0. The van der Waals surface area contributed by atoms with E-state index < -0.39 is 11.7 Å². The zero-order valence-corrected chi connectivity index (χ0v) is 22.5. The molecule has 3 heterocycles. The highest BCUT2D eigenvalue weighted by Crippen LogP contribution is 2.37. The number of nitrogens with zero attached hydrogens (tertiary/aromatic N) is 5. The number of aromatic nitrogens is 3. The number of benzene rings is 1. The van der Waals surface area contributed by atoms with Crippen LogP contribution in [0.1, 0.15) is 64.8 Å². The van der Waals surface area contributed by atoms with Crippen LogP contribution in [-0.4, -0.2) is 52.1 Å². The van der Waals surface area contributed by atoms with Gasteiger partial charge >= 0.3 is 6.18 Å². The van der Waals surface area contributed by atoms with E-state index in [9.17, 15) is 18.0 Å². The van der Waals surface area contributed by atoms with Crippen LogP contribution in [0.15, 0.2) is 28.8 Å². The van der Waals surface area contributed by atoms with Crippen LogP contribution in [0.4, 0.5) is 19.0 Å². The molecule has 1 atom stereocenters. The number of carbonyl (C=O) groups excluding carboxylic acids is 1. The van der Waals surface area contributed by atoms with Gasteiger partial charge in [0, 0.05) is 44.1 Å². The predicted molar refractivity (Wildman–Crippen MR) is 141 cm³/mol. The van der Waals surface area contributed by atoms with Crippen LogP contribution in [-0.2, 0) is 17.4 Å². The number of amides is 1. The Kier molecular flexibility index (Phi) is 8.57. The molecule has 7 nitrogen and oxygen atoms in total. The van der Waals surface area contributed by atoms with Crippen molar-refractivity contribution >= 4 is 22.8 Å². The average Bonchev–Trinajstić information content (AvgIpc) is 3.32. The molecule has 0 N–H and O–H groups in total. The van der Waals surface area contributed by atoms with Crippen molar-refractivity contribution in [2.45, 2.75) is 66.0 Å². The first-order chi connectivity index (χ1) is 18.1. The lowest BCUT2D eigenvalue weighted by Crippen LogP contribution is -2.50. The van der Waals surface area contributed by atoms with E-state index in [4.69, 9.17) is 9.51 Å². The van der Waals surface area contributed by atoms with Gasteiger partial charge in [-0.3, -0.25) is 4.79 Å². The van der Waals surface area contributed by atoms with Crippen molar-refractivity contribution in [3.05, 3.63) is 35.7 Å². The highest BCUT2D eigenvalue weighted by Gasteiger charge is 2.32. The van der Waals surface area contributed by atoms with Crippen LogP contribution in [0, 0.1) is 11.8 Å². The fourth-order valence-corrected chi connectivity index (χ4v) is 4.95. The number of carbonyl (C=O) groups is 1. The van der Waals surface area contributed by atoms with Crippen molar-refractivity contribution in [3.8, 4) is 11.3 Å². The largest absolute Gasteiger partial charge is 0.416 e. The molecule has 0 unspecified atom stereocenters. The minimum atomic E-state index is -4.48. The second kappa shape index (κ2) is 11.7. The number of hydrogen-bond acceptors (Lipinski definition) is 6. The number of alkyl halides is 3. The van der Waals surface area contributed by atoms with Crippen molar-refractivity contribution in [2.75, 3.05) is 31.1 Å². The molecule has 0 saturated carbocycles. The topological polar surface area (TPSA) is 75.4 Å². The van der Waals surface area contributed by atoms with Gasteiger partial charge in [-0.1, -0.05) is 57.8 Å². The molecule has 38 heavy (non-hydrogen) atoms. The first-order valence-corrected chi connectivity index (χ1v) is 13.5. The van der Waals surface area contributed by atoms with E-state index in [1.807, 2.05) is 4.90 Å². The predicted octanol–water partition coefficient (Wildman–Crippen LogP) is 6.37. The van der Waals surface area contributed by atoms with Gasteiger partial charge in [0.1, 0.15) is 22.7 Å². The Balaban J connectivity index is 1.67. The summed E-state index contributed by atoms with van der Waals surface area (Å²) in [7, 11) is 0. The van der Waals surface area contributed by atoms with Gasteiger partial charge in [-0.15, -0.1) is 0 Å². The number of unbranched alkanes of at least 4 members (excludes halogenated alkanes) is 1. The number of halogens is 3. The molecule has 2 aromatic heterocycles. The second-order valence-corrected chi connectivity index (χ2v) is 10.4. The first kappa shape index (κ1) is 27.9. The Bertz CT molecular complexity index is 1250. The Morgan fingerprint density at radius 3 is 2.47 bits per heavy atom. The van der Waals surface area contributed by atoms with Crippen LogP contribution < -0.4 is 4.90 Å². The van der Waals surface area contributed by atoms with Crippen molar-refractivity contribution in [3.63, 3.8) is 0 Å². The van der Waals surface area contributed by atoms with Gasteiger partial charge in [0.25, 0.3) is 5.71 Å². The number of rotatable bonds is 9. The third kappa shape index (κ3) is 6.10. The van der Waals surface area contributed by atoms with E-state index in [-0.39, 0.29) is 28.8 Å². The van der Waals surface area contributed by atoms with Crippen LogP contribution in [0.25, 0.3) is 22.4 Å². The molecule has 1 aliphatic rings. The maximum atomic E-state index is 13.4. The molecule has 1 aliphatic heterocycles. The highest BCUT2D eigenvalue weighted by atomic mass is 19.4. The van der Waals surface area contributed by atoms with Gasteiger partial charge in [-0.05, 0) is 30.9 Å². The highest BCUT2D eigenvalue weighted by molar-refractivity contribution is 5.98. The minimum Gasteiger partial charge on any atom is -0.352 e. The zero-order chi connectivity index (χ0) is 27.4. The molecular weight excluding hydrogens is 495 g/mol. The first-order valence-electron chi connectivity index (χ1n) is 13.5. The summed E-state index contributed by atoms with van der Waals surface area (Å²) in [5.41, 5.74) is 0.0600. The van der Waals surface area contributed by atoms with Gasteiger partial charge in [0.2, 0.25) is 5.91 Å². The quantitative estimate of drug-likeness (QED) is 0.320. The molecule has 0 radical (unpaired) electrons. The summed E-state index contributed by atoms with van der Waals surface area (Å²) < 4.78 is 45.8. The zero-order valence-electron chi connectivity index (χ0n) is 22.5. The average molecular weight is 532 g/mol. The Morgan fingerprint density at radius 2 is 1.84 bits per heavy atom. The third-order valence-corrected chi connectivity index (χ3v) is 7.06. The Labute approximate surface area is 221 Å². The van der Waals surface area contributed by atoms with E-state index in [2.05, 4.69) is 42.7 Å². The third-order valence-electron chi connectivity index (χ3n) is 7.06. The smallest absolute Gasteiger partial charge is 0.352 e. The minimum absolute atomic E-state index is 0.0375. The normalized spacial score (nSPS) is 15.5. The van der Waals surface area contributed by atoms with Crippen LogP contribution in [0.5, 0.6) is 0 Å². The van der Waals surface area contributed by atoms with Gasteiger partial charge in [-0.25, -0.2) is 4.98 Å². The molecule has 4 rings (SSSR count). The molecule has 10 heteroatoms. The van der Waals surface area contributed by atoms with Gasteiger partial charge in [0.15, 0.2) is 0 Å². The molecule has 3 aromatic rings. The lowest BCUT2D eigenvalue weighted by atomic mass is 9.97. The molecule has 1 aromatic carbocycles. The fourth-order valence-electron chi connectivity index (χ4n) is 4.95. The van der Waals surface area contributed by atoms with Gasteiger partial charge < -0.3 is 14.3 Å². The maximum absolute atomic E-state index is 13.4. The van der Waals surface area contributed by atoms with Crippen LogP contribution >= 0.6 is 0 Å². The molecule has 1 amide bonds. The van der Waals surface area contributed by atoms with E-state index in [0.717, 1.165) is 37.8 Å². The van der Waals surface area contributed by atoms with Gasteiger partial charge in [-0.2, -0.15) is 18.2 Å². The Hall–Kier alpha value is -3.17. The number of piperazine rings is 1. The monoisotopic (exact) mass is 531 g/mol. The molecule has 1 saturated heterocycles. The van der Waals surface area contributed by atoms with E-state index in [1.165, 1.54) is 6.07 Å². The molecule has 0 bridgehead atoms. The summed E-state index contributed by atoms with van der Waals surface area (Å²) in [6.07, 6.45) is -0.0316. The van der Waals surface area contributed by atoms with Crippen molar-refractivity contribution < 1.29 is 22.5 Å². The number of anilines is 1. The number of fused-ring (bicyclic) bond motifs is 1. The second-order valence-electron chi connectivity index (χ2n) is 10.4. The molecule has 1 fully saturated rings. The summed E-state index contributed by atoms with van der Waals surface area (Å²) in [5.74, 6) is 1.72. The Morgan fingerprint density at radius 1 is 1.11 bits per heavy atom. The molecule has 206 valence electrons. The fraction of sp³-hybridized carbons (Fsp3) is 0.571. The van der Waals surface area contributed by atoms with Gasteiger partial charge in [0.05, 0.1) is 5.56 Å². The summed E-state index contributed by atoms with van der Waals surface area (Å²) in [6, 6.07) is 5.04. The summed E-state index contributed by atoms with van der Waals surface area (Å²) in [4.78, 5) is 26.5. The van der Waals surface area contributed by atoms with Crippen molar-refractivity contribution in [2.24, 2.45) is 11.8 Å². The van der Waals surface area contributed by atoms with Crippen molar-refractivity contribution in [1.82, 2.24) is 20.0 Å². The summed E-state index contributed by atoms with van der Waals surface area (Å²) in [6.45, 7) is 10.5. The van der Waals surface area contributed by atoms with Crippen LogP contribution in [0.2, 0.25) is 0 Å². The summed E-state index contributed by atoms with van der Waals surface area (Å²) in [5, 5.41) is 4.63. The molecule has 0 spiro atoms. The SMILES string of the molecule is CCCC[C@@H](CC)C(=O)N1CCN(c2nc(CC(C)C)nc3onc(-c4cccc(C(F)(F)F)c4)c23)CC1. The lowest BCUT2D eigenvalue weighted by molar-refractivity contribution is -0.137. The lowest BCUT2D eigenvalue weighted by Gasteiger charge is -2.37. The standard InChI is InChI=1S/C28H36F3N5O2/c1-5-7-9-19(6-2)27(37)36-14-12-35(13-15-36)25-23-24(20-10-8-11-21(17-20)28(29,30)31)34-38-26(23)33-22(32-25)16-18(3)4/h8,10-11,17-19H,5-7,9,12-16H2,1-4H3/t19-/m1/s1. The van der Waals surface area contributed by atoms with E-state index in [1.54, 1.807) is 6.07 Å². The van der Waals surface area contributed by atoms with Crippen LogP contribution in [0.3, 0.4) is 0 Å². The van der Waals surface area contributed by atoms with Crippen molar-refractivity contribution in [1.29, 1.82) is 0 Å². The maximum Gasteiger partial charge on any atom is 0.416 e. The number of hydrogen-bond donors (Lipinski definition) is 0. The van der Waals surface area contributed by atoms with E-state index in [0.29, 0.717) is 55.5 Å². The molecular formula is C28H36F3N5O2. The van der Waals surface area contributed by atoms with E-state index >= 15 is 0 Å². The molecule has 0 aliphatic carbocycles.